The van der Waals surface area contributed by atoms with Gasteiger partial charge in [0.1, 0.15) is 7.05 Å². The fourth-order valence-corrected chi connectivity index (χ4v) is 4.43. The molecule has 0 aliphatic heterocycles. The lowest BCUT2D eigenvalue weighted by atomic mass is 10.1. The fourth-order valence-electron chi connectivity index (χ4n) is 4.43. The van der Waals surface area contributed by atoms with Gasteiger partial charge in [0.15, 0.2) is 0 Å². The Bertz CT molecular complexity index is 1430. The van der Waals surface area contributed by atoms with E-state index in [-0.39, 0.29) is 6.61 Å². The van der Waals surface area contributed by atoms with Crippen LogP contribution >= 0.6 is 0 Å². The number of hydrogen-bond acceptors (Lipinski definition) is 1. The van der Waals surface area contributed by atoms with Crippen molar-refractivity contribution in [3.8, 4) is 0 Å². The normalized spacial score (nSPS) is 12.0. The van der Waals surface area contributed by atoms with E-state index in [2.05, 4.69) is 95.9 Å². The van der Waals surface area contributed by atoms with Crippen molar-refractivity contribution in [1.29, 1.82) is 0 Å². The highest BCUT2D eigenvalue weighted by molar-refractivity contribution is 6.08. The molecule has 0 fully saturated rings. The molecule has 2 heterocycles. The van der Waals surface area contributed by atoms with E-state index in [1.54, 1.807) is 0 Å². The van der Waals surface area contributed by atoms with Gasteiger partial charge in [0.05, 0.1) is 6.61 Å². The minimum absolute atomic E-state index is 0.0677. The van der Waals surface area contributed by atoms with E-state index >= 15 is 0 Å². The molecule has 1 N–H and O–H groups in total. The summed E-state index contributed by atoms with van der Waals surface area (Å²) in [5, 5.41) is 13.1. The first-order chi connectivity index (χ1) is 14.7. The van der Waals surface area contributed by atoms with Crippen LogP contribution in [-0.2, 0) is 20.2 Å². The maximum atomic E-state index is 9.37. The van der Waals surface area contributed by atoms with Crippen molar-refractivity contribution in [2.75, 3.05) is 0 Å². The number of benzene rings is 3. The summed E-state index contributed by atoms with van der Waals surface area (Å²) < 4.78 is 4.57. The predicted molar refractivity (Wildman–Crippen MR) is 125 cm³/mol. The highest BCUT2D eigenvalue weighted by Gasteiger charge is 2.11. The Hall–Kier alpha value is -3.43. The molecule has 3 aromatic carbocycles. The van der Waals surface area contributed by atoms with Crippen LogP contribution in [0.3, 0.4) is 0 Å². The van der Waals surface area contributed by atoms with Gasteiger partial charge in [-0.25, -0.2) is 0 Å². The number of aliphatic hydroxyl groups is 1. The molecule has 5 aromatic rings. The minimum Gasteiger partial charge on any atom is -0.392 e. The molecule has 30 heavy (non-hydrogen) atoms. The molecule has 2 aromatic heterocycles. The average molecular weight is 394 g/mol. The molecule has 0 saturated carbocycles. The highest BCUT2D eigenvalue weighted by atomic mass is 16.3. The third kappa shape index (κ3) is 2.99. The standard InChI is InChI=1S/C27H25N2O/c1-3-29-26-7-5-4-6-23(26)24-17-19(9-15-27(24)29)8-12-22-13-11-21-16-20(18-30)10-14-25(21)28(22)2/h4-17,30H,3,18H2,1-2H3/q+1. The van der Waals surface area contributed by atoms with Crippen molar-refractivity contribution in [1.82, 2.24) is 4.57 Å². The van der Waals surface area contributed by atoms with Gasteiger partial charge in [-0.3, -0.25) is 0 Å². The van der Waals surface area contributed by atoms with Crippen LogP contribution in [0.2, 0.25) is 0 Å². The molecule has 5 rings (SSSR count). The molecule has 0 saturated heterocycles. The number of nitrogens with zero attached hydrogens (tertiary/aromatic N) is 2. The number of aliphatic hydroxyl groups excluding tert-OH is 1. The van der Waals surface area contributed by atoms with Crippen LogP contribution in [0.4, 0.5) is 0 Å². The van der Waals surface area contributed by atoms with Crippen molar-refractivity contribution in [3.05, 3.63) is 89.6 Å². The molecule has 0 radical (unpaired) electrons. The van der Waals surface area contributed by atoms with Crippen molar-refractivity contribution in [3.63, 3.8) is 0 Å². The topological polar surface area (TPSA) is 29.0 Å². The second-order valence-corrected chi connectivity index (χ2v) is 7.74. The van der Waals surface area contributed by atoms with Crippen LogP contribution in [-0.4, -0.2) is 9.67 Å². The lowest BCUT2D eigenvalue weighted by molar-refractivity contribution is -0.646. The van der Waals surface area contributed by atoms with E-state index in [9.17, 15) is 5.11 Å². The molecular weight excluding hydrogens is 368 g/mol. The van der Waals surface area contributed by atoms with Gasteiger partial charge in [0.2, 0.25) is 11.2 Å². The van der Waals surface area contributed by atoms with Gasteiger partial charge in [-0.05, 0) is 54.5 Å². The molecule has 0 aliphatic carbocycles. The Morgan fingerprint density at radius 3 is 2.53 bits per heavy atom. The van der Waals surface area contributed by atoms with Crippen molar-refractivity contribution >= 4 is 44.9 Å². The van der Waals surface area contributed by atoms with Crippen LogP contribution < -0.4 is 4.57 Å². The van der Waals surface area contributed by atoms with Gasteiger partial charge in [0, 0.05) is 51.9 Å². The van der Waals surface area contributed by atoms with Crippen LogP contribution in [0.1, 0.15) is 23.7 Å². The van der Waals surface area contributed by atoms with E-state index in [1.165, 1.54) is 27.4 Å². The second kappa shape index (κ2) is 7.43. The molecular formula is C27H25N2O+. The van der Waals surface area contributed by atoms with Crippen LogP contribution in [0.25, 0.3) is 44.9 Å². The van der Waals surface area contributed by atoms with Gasteiger partial charge >= 0.3 is 0 Å². The summed E-state index contributed by atoms with van der Waals surface area (Å²) in [6, 6.07) is 25.7. The number of hydrogen-bond donors (Lipinski definition) is 1. The summed E-state index contributed by atoms with van der Waals surface area (Å²) in [6.07, 6.45) is 4.35. The lowest BCUT2D eigenvalue weighted by Gasteiger charge is -2.03. The van der Waals surface area contributed by atoms with Crippen LogP contribution in [0.15, 0.2) is 72.8 Å². The molecule has 0 unspecified atom stereocenters. The van der Waals surface area contributed by atoms with E-state index in [0.29, 0.717) is 0 Å². The summed E-state index contributed by atoms with van der Waals surface area (Å²) >= 11 is 0. The van der Waals surface area contributed by atoms with Gasteiger partial charge in [-0.15, -0.1) is 0 Å². The molecule has 3 heteroatoms. The third-order valence-electron chi connectivity index (χ3n) is 6.02. The molecule has 0 atom stereocenters. The van der Waals surface area contributed by atoms with E-state index in [1.807, 2.05) is 12.1 Å². The van der Waals surface area contributed by atoms with Crippen LogP contribution in [0.5, 0.6) is 0 Å². The summed E-state index contributed by atoms with van der Waals surface area (Å²) in [4.78, 5) is 0. The van der Waals surface area contributed by atoms with Gasteiger partial charge in [-0.2, -0.15) is 4.57 Å². The smallest absolute Gasteiger partial charge is 0.212 e. The van der Waals surface area contributed by atoms with Crippen molar-refractivity contribution < 1.29 is 9.67 Å². The Morgan fingerprint density at radius 1 is 0.867 bits per heavy atom. The predicted octanol–water partition coefficient (Wildman–Crippen LogP) is 5.45. The largest absolute Gasteiger partial charge is 0.392 e. The highest BCUT2D eigenvalue weighted by Crippen LogP contribution is 2.30. The Labute approximate surface area is 176 Å². The average Bonchev–Trinajstić information content (AvgIpc) is 3.11. The fraction of sp³-hybridized carbons (Fsp3) is 0.148. The number of aryl methyl sites for hydroxylation is 2. The quantitative estimate of drug-likeness (QED) is 0.404. The van der Waals surface area contributed by atoms with Crippen molar-refractivity contribution in [2.24, 2.45) is 7.05 Å². The molecule has 0 spiro atoms. The van der Waals surface area contributed by atoms with E-state index in [4.69, 9.17) is 0 Å². The number of para-hydroxylation sites is 1. The summed E-state index contributed by atoms with van der Waals surface area (Å²) in [6.45, 7) is 3.23. The van der Waals surface area contributed by atoms with Gasteiger partial charge < -0.3 is 9.67 Å². The number of aromatic nitrogens is 2. The molecule has 148 valence electrons. The molecule has 0 aliphatic rings. The zero-order chi connectivity index (χ0) is 20.7. The van der Waals surface area contributed by atoms with Crippen molar-refractivity contribution in [2.45, 2.75) is 20.1 Å². The summed E-state index contributed by atoms with van der Waals surface area (Å²) in [5.41, 5.74) is 6.99. The molecule has 3 nitrogen and oxygen atoms in total. The van der Waals surface area contributed by atoms with Crippen LogP contribution in [0, 0.1) is 0 Å². The van der Waals surface area contributed by atoms with E-state index < -0.39 is 0 Å². The number of rotatable bonds is 4. The zero-order valence-electron chi connectivity index (χ0n) is 17.3. The number of pyridine rings is 1. The first-order valence-electron chi connectivity index (χ1n) is 10.4. The monoisotopic (exact) mass is 393 g/mol. The van der Waals surface area contributed by atoms with Gasteiger partial charge in [0.25, 0.3) is 0 Å². The lowest BCUT2D eigenvalue weighted by Crippen LogP contribution is -2.32. The minimum atomic E-state index is 0.0677. The maximum Gasteiger partial charge on any atom is 0.212 e. The second-order valence-electron chi connectivity index (χ2n) is 7.74. The summed E-state index contributed by atoms with van der Waals surface area (Å²) in [5.74, 6) is 0. The maximum absolute atomic E-state index is 9.37. The Morgan fingerprint density at radius 2 is 1.70 bits per heavy atom. The first kappa shape index (κ1) is 18.6. The third-order valence-corrected chi connectivity index (χ3v) is 6.02. The molecule has 0 amide bonds. The molecule has 0 bridgehead atoms. The first-order valence-corrected chi connectivity index (χ1v) is 10.4. The Kier molecular flexibility index (Phi) is 4.61. The zero-order valence-corrected chi connectivity index (χ0v) is 17.3. The SMILES string of the molecule is CCn1c2ccccc2c2cc(/C=C/c3ccc4cc(CO)ccc4[n+]3C)ccc21. The van der Waals surface area contributed by atoms with Gasteiger partial charge in [-0.1, -0.05) is 30.3 Å². The summed E-state index contributed by atoms with van der Waals surface area (Å²) in [7, 11) is 2.08. The van der Waals surface area contributed by atoms with E-state index in [0.717, 1.165) is 28.7 Å². The number of fused-ring (bicyclic) bond motifs is 4. The Balaban J connectivity index is 1.57.